The summed E-state index contributed by atoms with van der Waals surface area (Å²) in [5.74, 6) is 0.251. The molecule has 20 heavy (non-hydrogen) atoms. The van der Waals surface area contributed by atoms with E-state index in [-0.39, 0.29) is 11.2 Å². The van der Waals surface area contributed by atoms with Gasteiger partial charge >= 0.3 is 0 Å². The zero-order valence-corrected chi connectivity index (χ0v) is 13.7. The van der Waals surface area contributed by atoms with Crippen LogP contribution >= 0.6 is 11.6 Å². The lowest BCUT2D eigenvalue weighted by atomic mass is 9.74. The van der Waals surface area contributed by atoms with Gasteiger partial charge < -0.3 is 4.90 Å². The van der Waals surface area contributed by atoms with Crippen LogP contribution in [0.25, 0.3) is 0 Å². The number of piperidine rings is 1. The molecule has 1 heterocycles. The Labute approximate surface area is 126 Å². The summed E-state index contributed by atoms with van der Waals surface area (Å²) >= 11 is 6.08. The first-order valence-electron chi connectivity index (χ1n) is 6.95. The summed E-state index contributed by atoms with van der Waals surface area (Å²) in [5.41, 5.74) is 1.43. The minimum Gasteiger partial charge on any atom is -0.302 e. The normalized spacial score (nSPS) is 19.9. The standard InChI is InChI=1S/C15H22ClNO2S/c1-15(13-4-3-5-14(16)12-13)6-8-17(9-7-15)10-11-20(2,18)19/h3-5,12H,6-11H2,1-2H3. The van der Waals surface area contributed by atoms with Crippen LogP contribution in [-0.4, -0.2) is 45.0 Å². The third kappa shape index (κ3) is 4.21. The fourth-order valence-corrected chi connectivity index (χ4v) is 3.50. The lowest BCUT2D eigenvalue weighted by Crippen LogP contribution is -2.42. The van der Waals surface area contributed by atoms with E-state index in [9.17, 15) is 8.42 Å². The largest absolute Gasteiger partial charge is 0.302 e. The molecule has 1 saturated heterocycles. The molecule has 0 saturated carbocycles. The highest BCUT2D eigenvalue weighted by atomic mass is 35.5. The molecule has 0 aromatic heterocycles. The minimum atomic E-state index is -2.87. The average molecular weight is 316 g/mol. The second-order valence-corrected chi connectivity index (χ2v) is 8.74. The highest BCUT2D eigenvalue weighted by Gasteiger charge is 2.31. The van der Waals surface area contributed by atoms with Crippen LogP contribution in [0.2, 0.25) is 5.02 Å². The quantitative estimate of drug-likeness (QED) is 0.857. The third-order valence-corrected chi connectivity index (χ3v) is 5.42. The van der Waals surface area contributed by atoms with Crippen LogP contribution in [0.15, 0.2) is 24.3 Å². The van der Waals surface area contributed by atoms with Crippen molar-refractivity contribution in [2.24, 2.45) is 0 Å². The van der Waals surface area contributed by atoms with Gasteiger partial charge in [0.15, 0.2) is 0 Å². The van der Waals surface area contributed by atoms with E-state index in [2.05, 4.69) is 17.9 Å². The fourth-order valence-electron chi connectivity index (χ4n) is 2.72. The van der Waals surface area contributed by atoms with Crippen LogP contribution in [0, 0.1) is 0 Å². The van der Waals surface area contributed by atoms with Crippen LogP contribution in [-0.2, 0) is 15.3 Å². The molecular weight excluding hydrogens is 294 g/mol. The van der Waals surface area contributed by atoms with E-state index in [0.29, 0.717) is 6.54 Å². The molecule has 0 bridgehead atoms. The Bertz CT molecular complexity index is 563. The molecule has 2 rings (SSSR count). The Morgan fingerprint density at radius 3 is 2.50 bits per heavy atom. The van der Waals surface area contributed by atoms with Crippen LogP contribution in [0.1, 0.15) is 25.3 Å². The second kappa shape index (κ2) is 6.04. The SMILES string of the molecule is CC1(c2cccc(Cl)c2)CCN(CCS(C)(=O)=O)CC1. The summed E-state index contributed by atoms with van der Waals surface area (Å²) in [7, 11) is -2.87. The van der Waals surface area contributed by atoms with Gasteiger partial charge in [0.2, 0.25) is 0 Å². The van der Waals surface area contributed by atoms with Gasteiger partial charge in [0.1, 0.15) is 9.84 Å². The summed E-state index contributed by atoms with van der Waals surface area (Å²) in [6, 6.07) is 8.08. The molecule has 5 heteroatoms. The molecular formula is C15H22ClNO2S. The molecule has 0 unspecified atom stereocenters. The van der Waals surface area contributed by atoms with Crippen LogP contribution in [0.4, 0.5) is 0 Å². The van der Waals surface area contributed by atoms with Crippen LogP contribution in [0.3, 0.4) is 0 Å². The molecule has 1 aliphatic rings. The number of rotatable bonds is 4. The van der Waals surface area contributed by atoms with Gasteiger partial charge in [-0.15, -0.1) is 0 Å². The van der Waals surface area contributed by atoms with Crippen molar-refractivity contribution < 1.29 is 8.42 Å². The maximum atomic E-state index is 11.2. The van der Waals surface area contributed by atoms with Gasteiger partial charge in [-0.25, -0.2) is 8.42 Å². The number of halogens is 1. The van der Waals surface area contributed by atoms with Crippen molar-refractivity contribution in [3.05, 3.63) is 34.9 Å². The van der Waals surface area contributed by atoms with Gasteiger partial charge in [0.05, 0.1) is 5.75 Å². The van der Waals surface area contributed by atoms with E-state index in [1.54, 1.807) is 0 Å². The van der Waals surface area contributed by atoms with Crippen molar-refractivity contribution in [1.29, 1.82) is 0 Å². The topological polar surface area (TPSA) is 37.4 Å². The molecule has 0 radical (unpaired) electrons. The summed E-state index contributed by atoms with van der Waals surface area (Å²) in [4.78, 5) is 2.24. The molecule has 1 aliphatic heterocycles. The highest BCUT2D eigenvalue weighted by Crippen LogP contribution is 2.35. The van der Waals surface area contributed by atoms with Gasteiger partial charge in [-0.3, -0.25) is 0 Å². The number of nitrogens with zero attached hydrogens (tertiary/aromatic N) is 1. The monoisotopic (exact) mass is 315 g/mol. The Kier molecular flexibility index (Phi) is 4.77. The molecule has 3 nitrogen and oxygen atoms in total. The fraction of sp³-hybridized carbons (Fsp3) is 0.600. The van der Waals surface area contributed by atoms with E-state index in [0.717, 1.165) is 31.0 Å². The number of likely N-dealkylation sites (tertiary alicyclic amines) is 1. The van der Waals surface area contributed by atoms with E-state index >= 15 is 0 Å². The van der Waals surface area contributed by atoms with Crippen LogP contribution in [0.5, 0.6) is 0 Å². The van der Waals surface area contributed by atoms with Crippen molar-refractivity contribution in [3.63, 3.8) is 0 Å². The maximum Gasteiger partial charge on any atom is 0.148 e. The summed E-state index contributed by atoms with van der Waals surface area (Å²) in [5, 5.41) is 0.781. The number of sulfone groups is 1. The molecule has 0 N–H and O–H groups in total. The Hall–Kier alpha value is -0.580. The van der Waals surface area contributed by atoms with Crippen LogP contribution < -0.4 is 0 Å². The van der Waals surface area contributed by atoms with Gasteiger partial charge in [0, 0.05) is 17.8 Å². The van der Waals surface area contributed by atoms with Gasteiger partial charge in [-0.2, -0.15) is 0 Å². The van der Waals surface area contributed by atoms with Crippen molar-refractivity contribution in [2.45, 2.75) is 25.2 Å². The molecule has 0 amide bonds. The molecule has 1 aromatic rings. The van der Waals surface area contributed by atoms with Crippen molar-refractivity contribution in [3.8, 4) is 0 Å². The predicted molar refractivity (Wildman–Crippen MR) is 84.2 cm³/mol. The van der Waals surface area contributed by atoms with E-state index < -0.39 is 9.84 Å². The van der Waals surface area contributed by atoms with E-state index in [1.165, 1.54) is 11.8 Å². The highest BCUT2D eigenvalue weighted by molar-refractivity contribution is 7.90. The Morgan fingerprint density at radius 1 is 1.30 bits per heavy atom. The first kappa shape index (κ1) is 15.8. The molecule has 0 spiro atoms. The van der Waals surface area contributed by atoms with Crippen molar-refractivity contribution >= 4 is 21.4 Å². The molecule has 1 aromatic carbocycles. The van der Waals surface area contributed by atoms with Gasteiger partial charge in [0.25, 0.3) is 0 Å². The lowest BCUT2D eigenvalue weighted by Gasteiger charge is -2.39. The smallest absolute Gasteiger partial charge is 0.148 e. The predicted octanol–water partition coefficient (Wildman–Crippen LogP) is 2.74. The lowest BCUT2D eigenvalue weighted by molar-refractivity contribution is 0.176. The number of hydrogen-bond acceptors (Lipinski definition) is 3. The molecule has 1 fully saturated rings. The first-order valence-corrected chi connectivity index (χ1v) is 9.38. The Morgan fingerprint density at radius 2 is 1.95 bits per heavy atom. The van der Waals surface area contributed by atoms with Crippen molar-refractivity contribution in [2.75, 3.05) is 31.6 Å². The molecule has 0 aliphatic carbocycles. The number of hydrogen-bond donors (Lipinski definition) is 0. The van der Waals surface area contributed by atoms with E-state index in [4.69, 9.17) is 11.6 Å². The first-order chi connectivity index (χ1) is 9.28. The summed E-state index contributed by atoms with van der Waals surface area (Å²) in [6.45, 7) is 4.80. The summed E-state index contributed by atoms with van der Waals surface area (Å²) < 4.78 is 22.4. The third-order valence-electron chi connectivity index (χ3n) is 4.26. The minimum absolute atomic E-state index is 0.145. The summed E-state index contributed by atoms with van der Waals surface area (Å²) in [6.07, 6.45) is 3.38. The Balaban J connectivity index is 1.96. The number of benzene rings is 1. The average Bonchev–Trinajstić information content (AvgIpc) is 2.37. The zero-order valence-electron chi connectivity index (χ0n) is 12.1. The second-order valence-electron chi connectivity index (χ2n) is 6.04. The molecule has 0 atom stereocenters. The molecule has 112 valence electrons. The van der Waals surface area contributed by atoms with Gasteiger partial charge in [-0.1, -0.05) is 30.7 Å². The van der Waals surface area contributed by atoms with Crippen molar-refractivity contribution in [1.82, 2.24) is 4.90 Å². The maximum absolute atomic E-state index is 11.2. The van der Waals surface area contributed by atoms with Gasteiger partial charge in [-0.05, 0) is 49.0 Å². The zero-order chi connectivity index (χ0) is 14.8. The van der Waals surface area contributed by atoms with E-state index in [1.807, 2.05) is 18.2 Å².